The van der Waals surface area contributed by atoms with Crippen molar-refractivity contribution in [1.29, 1.82) is 0 Å². The number of urea groups is 1. The van der Waals surface area contributed by atoms with E-state index in [4.69, 9.17) is 20.6 Å². The molecule has 2 aromatic carbocycles. The number of anilines is 2. The summed E-state index contributed by atoms with van der Waals surface area (Å²) >= 11 is 0. The molecule has 5 N–H and O–H groups in total. The van der Waals surface area contributed by atoms with Crippen LogP contribution in [0.5, 0.6) is 5.75 Å². The zero-order chi connectivity index (χ0) is 31.1. The number of fused-ring (bicyclic) bond motifs is 1. The number of hydrogen-bond acceptors (Lipinski definition) is 7. The van der Waals surface area contributed by atoms with Crippen molar-refractivity contribution >= 4 is 32.9 Å². The Morgan fingerprint density at radius 2 is 1.86 bits per heavy atom. The number of imidazole rings is 1. The number of sulfonamides is 1. The smallest absolute Gasteiger partial charge is 0.316 e. The number of primary amides is 1. The predicted octanol–water partition coefficient (Wildman–Crippen LogP) is 5.55. The Labute approximate surface area is 251 Å². The maximum atomic E-state index is 13.4. The molecule has 1 unspecified atom stereocenters. The van der Waals surface area contributed by atoms with Crippen molar-refractivity contribution in [3.63, 3.8) is 0 Å². The molecule has 0 saturated carbocycles. The number of nitrogens with zero attached hydrogens (tertiary/aromatic N) is 3. The second kappa shape index (κ2) is 13.7. The van der Waals surface area contributed by atoms with Gasteiger partial charge in [-0.2, -0.15) is 0 Å². The molecule has 0 radical (unpaired) electrons. The molecule has 0 bridgehead atoms. The maximum Gasteiger partial charge on any atom is 0.316 e. The molecular formula is C30H39N7O5S. The first-order chi connectivity index (χ1) is 20.6. The number of carbonyl (C=O) groups is 1. The van der Waals surface area contributed by atoms with Gasteiger partial charge in [0.1, 0.15) is 11.6 Å². The normalized spacial score (nSPS) is 12.3. The summed E-state index contributed by atoms with van der Waals surface area (Å²) in [4.78, 5) is 32.1. The van der Waals surface area contributed by atoms with Gasteiger partial charge in [-0.25, -0.2) is 22.7 Å². The van der Waals surface area contributed by atoms with E-state index in [2.05, 4.69) is 28.9 Å². The molecule has 4 rings (SSSR count). The number of carbonyl (C=O) groups excluding carboxylic acids is 1. The predicted molar refractivity (Wildman–Crippen MR) is 167 cm³/mol. The summed E-state index contributed by atoms with van der Waals surface area (Å²) in [6.45, 7) is 8.19. The monoisotopic (exact) mass is 609 g/mol. The summed E-state index contributed by atoms with van der Waals surface area (Å²) < 4.78 is 36.8. The van der Waals surface area contributed by atoms with Crippen LogP contribution in [0.15, 0.2) is 52.2 Å². The van der Waals surface area contributed by atoms with Crippen LogP contribution in [0.3, 0.4) is 0 Å². The number of rotatable bonds is 14. The Hall–Kier alpha value is -4.39. The van der Waals surface area contributed by atoms with E-state index in [1.165, 1.54) is 30.7 Å². The van der Waals surface area contributed by atoms with Crippen molar-refractivity contribution < 1.29 is 17.9 Å². The summed E-state index contributed by atoms with van der Waals surface area (Å²) in [5, 5.41) is 7.20. The minimum absolute atomic E-state index is 0.0774. The van der Waals surface area contributed by atoms with Crippen molar-refractivity contribution in [3.8, 4) is 17.1 Å². The molecule has 0 saturated heterocycles. The number of aryl methyl sites for hydroxylation is 1. The van der Waals surface area contributed by atoms with Gasteiger partial charge >= 0.3 is 6.03 Å². The molecule has 0 fully saturated rings. The molecule has 2 aromatic heterocycles. The highest BCUT2D eigenvalue weighted by atomic mass is 32.2. The summed E-state index contributed by atoms with van der Waals surface area (Å²) in [5.41, 5.74) is 6.60. The second-order valence-corrected chi connectivity index (χ2v) is 12.0. The van der Waals surface area contributed by atoms with Gasteiger partial charge < -0.3 is 20.8 Å². The lowest BCUT2D eigenvalue weighted by Gasteiger charge is -2.15. The van der Waals surface area contributed by atoms with E-state index in [1.807, 2.05) is 6.92 Å². The molecule has 0 aliphatic rings. The molecule has 0 spiro atoms. The molecule has 230 valence electrons. The fourth-order valence-corrected chi connectivity index (χ4v) is 6.15. The topological polar surface area (TPSA) is 174 Å². The molecule has 2 amide bonds. The number of aromatic nitrogens is 4. The quantitative estimate of drug-likeness (QED) is 0.136. The molecule has 0 aliphatic heterocycles. The molecule has 0 aliphatic carbocycles. The highest BCUT2D eigenvalue weighted by Gasteiger charge is 2.23. The lowest BCUT2D eigenvalue weighted by molar-refractivity contribution is 0.259. The highest BCUT2D eigenvalue weighted by molar-refractivity contribution is 7.92. The largest absolute Gasteiger partial charge is 0.493 e. The van der Waals surface area contributed by atoms with Crippen LogP contribution >= 0.6 is 0 Å². The molecule has 13 heteroatoms. The van der Waals surface area contributed by atoms with Gasteiger partial charge in [0.25, 0.3) is 15.6 Å². The molecule has 4 aromatic rings. The lowest BCUT2D eigenvalue weighted by Crippen LogP contribution is -2.19. The third-order valence-electron chi connectivity index (χ3n) is 7.16. The van der Waals surface area contributed by atoms with Crippen molar-refractivity contribution in [2.75, 3.05) is 16.6 Å². The number of nitrogens with two attached hydrogens (primary N) is 1. The summed E-state index contributed by atoms with van der Waals surface area (Å²) in [6, 6.07) is 9.73. The number of H-pyrrole nitrogens is 1. The van der Waals surface area contributed by atoms with Gasteiger partial charge in [0, 0.05) is 11.6 Å². The molecule has 2 heterocycles. The Bertz CT molecular complexity index is 1760. The van der Waals surface area contributed by atoms with E-state index in [0.29, 0.717) is 40.6 Å². The summed E-state index contributed by atoms with van der Waals surface area (Å²) in [5.74, 6) is 1.35. The molecule has 12 nitrogen and oxygen atoms in total. The third kappa shape index (κ3) is 7.34. The number of hydrogen-bond donors (Lipinski definition) is 4. The van der Waals surface area contributed by atoms with E-state index < -0.39 is 16.1 Å². The van der Waals surface area contributed by atoms with Gasteiger partial charge in [-0.05, 0) is 63.1 Å². The van der Waals surface area contributed by atoms with Crippen LogP contribution in [0.2, 0.25) is 0 Å². The van der Waals surface area contributed by atoms with E-state index >= 15 is 0 Å². The van der Waals surface area contributed by atoms with Crippen molar-refractivity contribution in [2.24, 2.45) is 5.73 Å². The van der Waals surface area contributed by atoms with Crippen molar-refractivity contribution in [1.82, 2.24) is 19.6 Å². The summed E-state index contributed by atoms with van der Waals surface area (Å²) in [7, 11) is -4.10. The van der Waals surface area contributed by atoms with Gasteiger partial charge in [0.05, 0.1) is 28.4 Å². The average Bonchev–Trinajstić information content (AvgIpc) is 3.29. The van der Waals surface area contributed by atoms with Crippen molar-refractivity contribution in [2.45, 2.75) is 77.0 Å². The van der Waals surface area contributed by atoms with E-state index in [9.17, 15) is 18.0 Å². The number of aromatic amines is 1. The minimum Gasteiger partial charge on any atom is -0.493 e. The van der Waals surface area contributed by atoms with Crippen LogP contribution in [0, 0.1) is 6.92 Å². The fraction of sp³-hybridized carbons (Fsp3) is 0.400. The van der Waals surface area contributed by atoms with E-state index in [-0.39, 0.29) is 27.9 Å². The first kappa shape index (κ1) is 31.5. The molecule has 1 atom stereocenters. The first-order valence-electron chi connectivity index (χ1n) is 14.5. The molecule has 43 heavy (non-hydrogen) atoms. The van der Waals surface area contributed by atoms with Crippen molar-refractivity contribution in [3.05, 3.63) is 64.3 Å². The third-order valence-corrected chi connectivity index (χ3v) is 8.54. The van der Waals surface area contributed by atoms with Crippen LogP contribution in [0.4, 0.5) is 16.2 Å². The zero-order valence-corrected chi connectivity index (χ0v) is 25.8. The highest BCUT2D eigenvalue weighted by Crippen LogP contribution is 2.32. The van der Waals surface area contributed by atoms with Gasteiger partial charge in [-0.15, -0.1) is 5.10 Å². The van der Waals surface area contributed by atoms with Crippen LogP contribution < -0.4 is 26.1 Å². The SMILES string of the molecule is CCCCCCC(CC)c1nc(C)c2c(=O)[nH]c(-c3cc(S(=O)(=O)Nc4cccc(NC(N)=O)c4)ccc3OCC)nn12. The number of ether oxygens (including phenoxy) is 1. The van der Waals surface area contributed by atoms with E-state index in [0.717, 1.165) is 32.1 Å². The van der Waals surface area contributed by atoms with Crippen LogP contribution in [0.25, 0.3) is 16.9 Å². The summed E-state index contributed by atoms with van der Waals surface area (Å²) in [6.07, 6.45) is 6.28. The number of unbranched alkanes of at least 4 members (excludes halogenated alkanes) is 3. The van der Waals surface area contributed by atoms with Gasteiger partial charge in [-0.1, -0.05) is 45.6 Å². The van der Waals surface area contributed by atoms with Gasteiger partial charge in [-0.3, -0.25) is 9.52 Å². The first-order valence-corrected chi connectivity index (χ1v) is 16.0. The average molecular weight is 610 g/mol. The van der Waals surface area contributed by atoms with Gasteiger partial charge in [0.2, 0.25) is 0 Å². The zero-order valence-electron chi connectivity index (χ0n) is 24.9. The Morgan fingerprint density at radius 1 is 1.09 bits per heavy atom. The standard InChI is InChI=1S/C30H39N7O5S/c1-5-8-9-10-12-20(6-2)28-32-19(4)26-29(38)34-27(35-37(26)28)24-18-23(15-16-25(24)42-7-3)43(40,41)36-22-14-11-13-21(17-22)33-30(31)39/h11,13-18,20,36H,5-10,12H2,1-4H3,(H3,31,33,39)(H,34,35,38). The number of amides is 2. The molecular weight excluding hydrogens is 570 g/mol. The van der Waals surface area contributed by atoms with Crippen LogP contribution in [-0.4, -0.2) is 40.6 Å². The van der Waals surface area contributed by atoms with Crippen LogP contribution in [0.1, 0.15) is 76.7 Å². The fourth-order valence-electron chi connectivity index (χ4n) is 5.07. The van der Waals surface area contributed by atoms with Crippen LogP contribution in [-0.2, 0) is 10.0 Å². The Morgan fingerprint density at radius 3 is 2.56 bits per heavy atom. The van der Waals surface area contributed by atoms with Gasteiger partial charge in [0.15, 0.2) is 11.3 Å². The second-order valence-electron chi connectivity index (χ2n) is 10.3. The van der Waals surface area contributed by atoms with E-state index in [1.54, 1.807) is 29.6 Å². The Balaban J connectivity index is 1.77. The Kier molecular flexibility index (Phi) is 10.1. The number of nitrogens with one attached hydrogen (secondary N) is 3. The minimum atomic E-state index is -4.10. The number of benzene rings is 2. The maximum absolute atomic E-state index is 13.4. The lowest BCUT2D eigenvalue weighted by atomic mass is 9.97.